The predicted octanol–water partition coefficient (Wildman–Crippen LogP) is 1.54. The Morgan fingerprint density at radius 3 is 2.76 bits per heavy atom. The quantitative estimate of drug-likeness (QED) is 0.873. The van der Waals surface area contributed by atoms with Crippen molar-refractivity contribution in [2.45, 2.75) is 12.8 Å². The Hall–Kier alpha value is -1.98. The molecule has 1 aliphatic heterocycles. The SMILES string of the molecule is O=C(O)c1ccc2c(c1)CC(=O)N2CC(F)F. The van der Waals surface area contributed by atoms with Gasteiger partial charge in [-0.25, -0.2) is 13.6 Å². The second-order valence-corrected chi connectivity index (χ2v) is 3.72. The van der Waals surface area contributed by atoms with E-state index in [1.165, 1.54) is 18.2 Å². The van der Waals surface area contributed by atoms with E-state index in [9.17, 15) is 18.4 Å². The van der Waals surface area contributed by atoms with Crippen LogP contribution in [0.25, 0.3) is 0 Å². The predicted molar refractivity (Wildman–Crippen MR) is 55.5 cm³/mol. The van der Waals surface area contributed by atoms with Gasteiger partial charge in [-0.2, -0.15) is 0 Å². The number of nitrogens with zero attached hydrogens (tertiary/aromatic N) is 1. The van der Waals surface area contributed by atoms with Gasteiger partial charge in [-0.05, 0) is 23.8 Å². The minimum atomic E-state index is -2.61. The minimum absolute atomic E-state index is 0.0246. The van der Waals surface area contributed by atoms with Crippen LogP contribution < -0.4 is 4.90 Å². The van der Waals surface area contributed by atoms with Gasteiger partial charge in [0.15, 0.2) is 0 Å². The van der Waals surface area contributed by atoms with Gasteiger partial charge in [-0.3, -0.25) is 4.79 Å². The van der Waals surface area contributed by atoms with Crippen molar-refractivity contribution < 1.29 is 23.5 Å². The first-order chi connectivity index (χ1) is 7.99. The third kappa shape index (κ3) is 2.11. The Labute approximate surface area is 95.5 Å². The molecule has 0 unspecified atom stereocenters. The van der Waals surface area contributed by atoms with Gasteiger partial charge in [0.25, 0.3) is 6.43 Å². The fraction of sp³-hybridized carbons (Fsp3) is 0.273. The molecule has 0 spiro atoms. The molecular weight excluding hydrogens is 232 g/mol. The highest BCUT2D eigenvalue weighted by molar-refractivity contribution is 6.02. The molecular formula is C11H9F2NO3. The molecule has 6 heteroatoms. The summed E-state index contributed by atoms with van der Waals surface area (Å²) in [6, 6.07) is 4.05. The first-order valence-corrected chi connectivity index (χ1v) is 4.94. The molecule has 1 aromatic rings. The van der Waals surface area contributed by atoms with Gasteiger partial charge < -0.3 is 10.0 Å². The zero-order valence-electron chi connectivity index (χ0n) is 8.69. The summed E-state index contributed by atoms with van der Waals surface area (Å²) in [4.78, 5) is 23.2. The largest absolute Gasteiger partial charge is 0.478 e. The zero-order chi connectivity index (χ0) is 12.6. The van der Waals surface area contributed by atoms with E-state index in [4.69, 9.17) is 5.11 Å². The molecule has 0 bridgehead atoms. The topological polar surface area (TPSA) is 57.6 Å². The van der Waals surface area contributed by atoms with Crippen LogP contribution in [0.2, 0.25) is 0 Å². The highest BCUT2D eigenvalue weighted by Crippen LogP contribution is 2.30. The van der Waals surface area contributed by atoms with Gasteiger partial charge in [-0.1, -0.05) is 0 Å². The van der Waals surface area contributed by atoms with Crippen LogP contribution in [0.5, 0.6) is 0 Å². The van der Waals surface area contributed by atoms with Gasteiger partial charge >= 0.3 is 5.97 Å². The number of aromatic carboxylic acids is 1. The van der Waals surface area contributed by atoms with E-state index < -0.39 is 24.8 Å². The van der Waals surface area contributed by atoms with Crippen LogP contribution in [0.4, 0.5) is 14.5 Å². The lowest BCUT2D eigenvalue weighted by molar-refractivity contribution is -0.117. The second kappa shape index (κ2) is 4.12. The summed E-state index contributed by atoms with van der Waals surface area (Å²) < 4.78 is 24.5. The Balaban J connectivity index is 2.35. The lowest BCUT2D eigenvalue weighted by atomic mass is 10.1. The maximum absolute atomic E-state index is 12.3. The minimum Gasteiger partial charge on any atom is -0.478 e. The van der Waals surface area contributed by atoms with Crippen LogP contribution in [-0.2, 0) is 11.2 Å². The lowest BCUT2D eigenvalue weighted by Gasteiger charge is -2.16. The van der Waals surface area contributed by atoms with Crippen molar-refractivity contribution in [3.05, 3.63) is 29.3 Å². The number of fused-ring (bicyclic) bond motifs is 1. The Morgan fingerprint density at radius 2 is 2.18 bits per heavy atom. The van der Waals surface area contributed by atoms with Crippen molar-refractivity contribution in [2.24, 2.45) is 0 Å². The van der Waals surface area contributed by atoms with E-state index in [1.807, 2.05) is 0 Å². The summed E-state index contributed by atoms with van der Waals surface area (Å²) in [6.07, 6.45) is -2.63. The molecule has 0 saturated carbocycles. The maximum Gasteiger partial charge on any atom is 0.335 e. The smallest absolute Gasteiger partial charge is 0.335 e. The molecule has 17 heavy (non-hydrogen) atoms. The third-order valence-corrected chi connectivity index (χ3v) is 2.58. The van der Waals surface area contributed by atoms with Crippen molar-refractivity contribution in [2.75, 3.05) is 11.4 Å². The van der Waals surface area contributed by atoms with Crippen molar-refractivity contribution in [1.29, 1.82) is 0 Å². The molecule has 1 N–H and O–H groups in total. The second-order valence-electron chi connectivity index (χ2n) is 3.72. The highest BCUT2D eigenvalue weighted by Gasteiger charge is 2.29. The van der Waals surface area contributed by atoms with Gasteiger partial charge in [0.1, 0.15) is 0 Å². The van der Waals surface area contributed by atoms with Crippen molar-refractivity contribution in [3.63, 3.8) is 0 Å². The van der Waals surface area contributed by atoms with Crippen LogP contribution in [0.1, 0.15) is 15.9 Å². The van der Waals surface area contributed by atoms with Gasteiger partial charge in [-0.15, -0.1) is 0 Å². The fourth-order valence-electron chi connectivity index (χ4n) is 1.85. The number of carbonyl (C=O) groups excluding carboxylic acids is 1. The van der Waals surface area contributed by atoms with Gasteiger partial charge in [0, 0.05) is 5.69 Å². The molecule has 0 atom stereocenters. The summed E-state index contributed by atoms with van der Waals surface area (Å²) in [6.45, 7) is -0.655. The number of anilines is 1. The van der Waals surface area contributed by atoms with E-state index in [-0.39, 0.29) is 12.0 Å². The molecule has 90 valence electrons. The maximum atomic E-state index is 12.3. The van der Waals surface area contributed by atoms with E-state index in [2.05, 4.69) is 0 Å². The standard InChI is InChI=1S/C11H9F2NO3/c12-9(13)5-14-8-2-1-6(11(16)17)3-7(8)4-10(14)15/h1-3,9H,4-5H2,(H,16,17). The van der Waals surface area contributed by atoms with E-state index in [1.54, 1.807) is 0 Å². The number of halogens is 2. The first kappa shape index (κ1) is 11.5. The van der Waals surface area contributed by atoms with Crippen LogP contribution in [0, 0.1) is 0 Å². The molecule has 2 rings (SSSR count). The number of benzene rings is 1. The first-order valence-electron chi connectivity index (χ1n) is 4.94. The summed E-state index contributed by atoms with van der Waals surface area (Å²) in [7, 11) is 0. The molecule has 1 heterocycles. The molecule has 0 aromatic heterocycles. The van der Waals surface area contributed by atoms with E-state index >= 15 is 0 Å². The number of hydrogen-bond acceptors (Lipinski definition) is 2. The third-order valence-electron chi connectivity index (χ3n) is 2.58. The molecule has 0 aliphatic carbocycles. The van der Waals surface area contributed by atoms with Gasteiger partial charge in [0.2, 0.25) is 5.91 Å². The number of carbonyl (C=O) groups is 2. The van der Waals surface area contributed by atoms with Crippen LogP contribution in [0.15, 0.2) is 18.2 Å². The summed E-state index contributed by atoms with van der Waals surface area (Å²) in [5.74, 6) is -1.53. The molecule has 0 saturated heterocycles. The van der Waals surface area contributed by atoms with Crippen molar-refractivity contribution >= 4 is 17.6 Å². The summed E-state index contributed by atoms with van der Waals surface area (Å²) in [5, 5.41) is 8.77. The molecule has 0 radical (unpaired) electrons. The highest BCUT2D eigenvalue weighted by atomic mass is 19.3. The average molecular weight is 241 g/mol. The molecule has 1 aliphatic rings. The summed E-state index contributed by atoms with van der Waals surface area (Å²) in [5.41, 5.74) is 0.909. The zero-order valence-corrected chi connectivity index (χ0v) is 8.69. The summed E-state index contributed by atoms with van der Waals surface area (Å²) >= 11 is 0. The number of carboxylic acid groups (broad SMARTS) is 1. The van der Waals surface area contributed by atoms with Gasteiger partial charge in [0.05, 0.1) is 18.5 Å². The van der Waals surface area contributed by atoms with E-state index in [0.29, 0.717) is 11.3 Å². The number of rotatable bonds is 3. The molecule has 1 aromatic carbocycles. The van der Waals surface area contributed by atoms with Crippen molar-refractivity contribution in [1.82, 2.24) is 0 Å². The Morgan fingerprint density at radius 1 is 1.47 bits per heavy atom. The number of amides is 1. The molecule has 1 amide bonds. The number of alkyl halides is 2. The van der Waals surface area contributed by atoms with Crippen LogP contribution in [-0.4, -0.2) is 30.0 Å². The molecule has 0 fully saturated rings. The van der Waals surface area contributed by atoms with Crippen molar-refractivity contribution in [3.8, 4) is 0 Å². The van der Waals surface area contributed by atoms with Crippen LogP contribution >= 0.6 is 0 Å². The number of carboxylic acids is 1. The average Bonchev–Trinajstić information content (AvgIpc) is 2.54. The van der Waals surface area contributed by atoms with E-state index in [0.717, 1.165) is 4.90 Å². The fourth-order valence-corrected chi connectivity index (χ4v) is 1.85. The normalized spacial score (nSPS) is 14.3. The lowest BCUT2D eigenvalue weighted by Crippen LogP contribution is -2.31. The van der Waals surface area contributed by atoms with Crippen LogP contribution in [0.3, 0.4) is 0 Å². The number of hydrogen-bond donors (Lipinski definition) is 1. The Kier molecular flexibility index (Phi) is 2.79. The molecule has 4 nitrogen and oxygen atoms in total. The monoisotopic (exact) mass is 241 g/mol. The Bertz CT molecular complexity index is 488.